The zero-order valence-corrected chi connectivity index (χ0v) is 20.6. The molecule has 12 nitrogen and oxygen atoms in total. The molecule has 0 spiro atoms. The topological polar surface area (TPSA) is 162 Å². The first-order valence-electron chi connectivity index (χ1n) is 11.1. The molecule has 200 valence electrons. The van der Waals surface area contributed by atoms with Crippen LogP contribution < -0.4 is 16.0 Å². The second kappa shape index (κ2) is 12.9. The monoisotopic (exact) mass is 540 g/mol. The lowest BCUT2D eigenvalue weighted by Gasteiger charge is -2.21. The van der Waals surface area contributed by atoms with E-state index in [9.17, 15) is 32.8 Å². The fraction of sp³-hybridized carbons (Fsp3) is 0.500. The molecule has 3 atom stereocenters. The summed E-state index contributed by atoms with van der Waals surface area (Å²) in [5, 5.41) is 16.1. The average molecular weight is 541 g/mol. The number of nitrogens with zero attached hydrogens (tertiary/aromatic N) is 3. The predicted molar refractivity (Wildman–Crippen MR) is 127 cm³/mol. The van der Waals surface area contributed by atoms with Crippen LogP contribution >= 0.6 is 12.6 Å². The lowest BCUT2D eigenvalue weighted by Crippen LogP contribution is -2.48. The highest BCUT2D eigenvalue weighted by molar-refractivity contribution is 7.80. The Labute approximate surface area is 216 Å². The first-order chi connectivity index (χ1) is 17.4. The largest absolute Gasteiger partial charge is 0.480 e. The van der Waals surface area contributed by atoms with E-state index >= 15 is 0 Å². The molecule has 0 aliphatic carbocycles. The number of rotatable bonds is 11. The summed E-state index contributed by atoms with van der Waals surface area (Å²) in [6.45, 7) is 7.39. The van der Waals surface area contributed by atoms with Crippen molar-refractivity contribution < 1.29 is 37.9 Å². The van der Waals surface area contributed by atoms with Crippen LogP contribution in [0.5, 0.6) is 0 Å². The normalized spacial score (nSPS) is 17.7. The highest BCUT2D eigenvalue weighted by Crippen LogP contribution is 2.33. The fourth-order valence-electron chi connectivity index (χ4n) is 3.40. The Kier molecular flexibility index (Phi) is 10.3. The molecule has 1 saturated heterocycles. The fourth-order valence-corrected chi connectivity index (χ4v) is 3.65. The van der Waals surface area contributed by atoms with Gasteiger partial charge in [-0.25, -0.2) is 20.1 Å². The molecule has 1 fully saturated rings. The molecular formula is C22H26F2N6O6S. The van der Waals surface area contributed by atoms with Gasteiger partial charge in [0, 0.05) is 30.4 Å². The van der Waals surface area contributed by atoms with Crippen molar-refractivity contribution in [3.8, 4) is 0 Å². The number of carbonyl (C=O) groups is 5. The number of amides is 4. The van der Waals surface area contributed by atoms with Crippen molar-refractivity contribution in [3.63, 3.8) is 0 Å². The van der Waals surface area contributed by atoms with E-state index in [1.807, 2.05) is 0 Å². The maximum atomic E-state index is 13.6. The highest BCUT2D eigenvalue weighted by Gasteiger charge is 2.51. The van der Waals surface area contributed by atoms with Gasteiger partial charge < -0.3 is 21.1 Å². The highest BCUT2D eigenvalue weighted by atomic mass is 32.1. The third-order valence-corrected chi connectivity index (χ3v) is 5.70. The third-order valence-electron chi connectivity index (χ3n) is 5.33. The van der Waals surface area contributed by atoms with Gasteiger partial charge in [-0.15, -0.1) is 0 Å². The van der Waals surface area contributed by atoms with Crippen LogP contribution in [0.3, 0.4) is 0 Å². The SMILES string of the molecule is [C-]#[N+][C@@H]1CC(F)(F)CN1C(=O)[C@H](C)NC(=O)c1ccnc(CNC(=O)CCC(=O)NC(CS)C(=O)O)c1. The molecule has 1 aromatic rings. The van der Waals surface area contributed by atoms with Gasteiger partial charge in [-0.1, -0.05) is 0 Å². The molecule has 1 aliphatic heterocycles. The molecule has 37 heavy (non-hydrogen) atoms. The Morgan fingerprint density at radius 1 is 1.27 bits per heavy atom. The van der Waals surface area contributed by atoms with Gasteiger partial charge in [0.05, 0.1) is 18.8 Å². The summed E-state index contributed by atoms with van der Waals surface area (Å²) >= 11 is 3.83. The first kappa shape index (κ1) is 29.4. The molecule has 1 aromatic heterocycles. The summed E-state index contributed by atoms with van der Waals surface area (Å²) in [6, 6.07) is 0.376. The van der Waals surface area contributed by atoms with E-state index in [0.29, 0.717) is 0 Å². The number of carbonyl (C=O) groups excluding carboxylic acids is 4. The number of aliphatic carboxylic acids is 1. The summed E-state index contributed by atoms with van der Waals surface area (Å²) in [4.78, 5) is 67.7. The second-order valence-electron chi connectivity index (χ2n) is 8.28. The van der Waals surface area contributed by atoms with Crippen LogP contribution in [0.2, 0.25) is 0 Å². The van der Waals surface area contributed by atoms with Crippen molar-refractivity contribution in [2.75, 3.05) is 12.3 Å². The molecule has 0 bridgehead atoms. The van der Waals surface area contributed by atoms with Crippen LogP contribution in [0.25, 0.3) is 4.85 Å². The molecule has 0 aromatic carbocycles. The number of nitrogens with one attached hydrogen (secondary N) is 3. The number of alkyl halides is 2. The van der Waals surface area contributed by atoms with Gasteiger partial charge in [0.25, 0.3) is 17.7 Å². The minimum Gasteiger partial charge on any atom is -0.480 e. The smallest absolute Gasteiger partial charge is 0.327 e. The summed E-state index contributed by atoms with van der Waals surface area (Å²) in [7, 11) is 0. The number of thiol groups is 1. The molecule has 4 amide bonds. The summed E-state index contributed by atoms with van der Waals surface area (Å²) in [5.41, 5.74) is 0.385. The Bertz CT molecular complexity index is 1100. The van der Waals surface area contributed by atoms with Crippen molar-refractivity contribution in [2.24, 2.45) is 0 Å². The zero-order valence-electron chi connectivity index (χ0n) is 19.7. The van der Waals surface area contributed by atoms with Gasteiger partial charge >= 0.3 is 12.1 Å². The number of aromatic nitrogens is 1. The Morgan fingerprint density at radius 2 is 1.95 bits per heavy atom. The van der Waals surface area contributed by atoms with Gasteiger partial charge in [0.15, 0.2) is 0 Å². The van der Waals surface area contributed by atoms with Crippen LogP contribution in [0.15, 0.2) is 18.3 Å². The molecule has 1 unspecified atom stereocenters. The molecule has 2 heterocycles. The number of halogens is 2. The number of likely N-dealkylation sites (tertiary alicyclic amines) is 1. The van der Waals surface area contributed by atoms with E-state index in [2.05, 4.69) is 38.4 Å². The molecule has 2 rings (SSSR count). The van der Waals surface area contributed by atoms with E-state index in [1.54, 1.807) is 0 Å². The van der Waals surface area contributed by atoms with Gasteiger partial charge in [-0.3, -0.25) is 33.9 Å². The number of pyridine rings is 1. The molecule has 0 radical (unpaired) electrons. The van der Waals surface area contributed by atoms with Gasteiger partial charge in [-0.2, -0.15) is 12.6 Å². The standard InChI is InChI=1S/C22H26F2N6O6S/c1-12(20(34)30-11-22(23,24)8-16(30)25-2)28-19(33)13-5-6-26-14(7-13)9-27-17(31)3-4-18(32)29-15(10-37)21(35)36/h5-7,12,15-16,37H,3-4,8-11H2,1H3,(H,27,31)(H,28,33)(H,29,32)(H,35,36)/t12-,15?,16-/m0/s1. The van der Waals surface area contributed by atoms with Crippen LogP contribution in [0.1, 0.15) is 42.2 Å². The summed E-state index contributed by atoms with van der Waals surface area (Å²) in [5.74, 6) is -7.15. The number of carboxylic acid groups (broad SMARTS) is 1. The van der Waals surface area contributed by atoms with Crippen molar-refractivity contribution >= 4 is 42.2 Å². The van der Waals surface area contributed by atoms with Crippen molar-refractivity contribution in [1.29, 1.82) is 0 Å². The number of hydrogen-bond donors (Lipinski definition) is 5. The van der Waals surface area contributed by atoms with Crippen LogP contribution in [0, 0.1) is 6.57 Å². The lowest BCUT2D eigenvalue weighted by atomic mass is 10.2. The van der Waals surface area contributed by atoms with Crippen molar-refractivity contribution in [3.05, 3.63) is 41.0 Å². The zero-order chi connectivity index (χ0) is 27.8. The summed E-state index contributed by atoms with van der Waals surface area (Å²) < 4.78 is 27.3. The van der Waals surface area contributed by atoms with Crippen molar-refractivity contribution in [2.45, 2.75) is 56.9 Å². The number of hydrogen-bond acceptors (Lipinski definition) is 7. The Hall–Kier alpha value is -3.80. The van der Waals surface area contributed by atoms with Crippen LogP contribution in [0.4, 0.5) is 8.78 Å². The van der Waals surface area contributed by atoms with Gasteiger partial charge in [0.1, 0.15) is 18.5 Å². The average Bonchev–Trinajstić information content (AvgIpc) is 3.18. The van der Waals surface area contributed by atoms with E-state index in [4.69, 9.17) is 11.7 Å². The van der Waals surface area contributed by atoms with Gasteiger partial charge in [-0.05, 0) is 19.1 Å². The first-order valence-corrected chi connectivity index (χ1v) is 11.7. The third kappa shape index (κ3) is 8.67. The second-order valence-corrected chi connectivity index (χ2v) is 8.65. The van der Waals surface area contributed by atoms with Crippen LogP contribution in [-0.4, -0.2) is 81.1 Å². The van der Waals surface area contributed by atoms with Crippen LogP contribution in [-0.2, 0) is 25.7 Å². The van der Waals surface area contributed by atoms with E-state index in [-0.39, 0.29) is 36.4 Å². The van der Waals surface area contributed by atoms with E-state index < -0.39 is 66.7 Å². The quantitative estimate of drug-likeness (QED) is 0.198. The Morgan fingerprint density at radius 3 is 2.57 bits per heavy atom. The summed E-state index contributed by atoms with van der Waals surface area (Å²) in [6.07, 6.45) is -1.22. The molecule has 0 saturated carbocycles. The van der Waals surface area contributed by atoms with Gasteiger partial charge in [0.2, 0.25) is 11.8 Å². The van der Waals surface area contributed by atoms with E-state index in [0.717, 1.165) is 4.90 Å². The van der Waals surface area contributed by atoms with Crippen molar-refractivity contribution in [1.82, 2.24) is 25.8 Å². The Balaban J connectivity index is 1.87. The minimum atomic E-state index is -3.17. The minimum absolute atomic E-state index is 0.0833. The molecule has 1 aliphatic rings. The molecule has 15 heteroatoms. The molecule has 4 N–H and O–H groups in total. The predicted octanol–water partition coefficient (Wildman–Crippen LogP) is 0.208. The molecular weight excluding hydrogens is 514 g/mol. The lowest BCUT2D eigenvalue weighted by molar-refractivity contribution is -0.141. The maximum absolute atomic E-state index is 13.6. The van der Waals surface area contributed by atoms with E-state index in [1.165, 1.54) is 25.3 Å². The number of carboxylic acids is 1. The maximum Gasteiger partial charge on any atom is 0.327 e.